The molecule has 0 bridgehead atoms. The van der Waals surface area contributed by atoms with Gasteiger partial charge in [0.1, 0.15) is 0 Å². The molecule has 7 nitrogen and oxygen atoms in total. The number of halogens is 1. The number of aryl methyl sites for hydroxylation is 1. The highest BCUT2D eigenvalue weighted by atomic mass is 127. The van der Waals surface area contributed by atoms with E-state index in [-0.39, 0.29) is 35.8 Å². The smallest absolute Gasteiger partial charge is 0.216 e. The molecule has 0 aliphatic carbocycles. The molecule has 30 heavy (non-hydrogen) atoms. The van der Waals surface area contributed by atoms with Crippen LogP contribution in [0.25, 0.3) is 0 Å². The lowest BCUT2D eigenvalue weighted by Crippen LogP contribution is -2.38. The van der Waals surface area contributed by atoms with Crippen LogP contribution in [0.5, 0.6) is 0 Å². The number of guanidine groups is 1. The molecular weight excluding hydrogens is 533 g/mol. The zero-order valence-electron chi connectivity index (χ0n) is 17.9. The van der Waals surface area contributed by atoms with Crippen LogP contribution in [-0.2, 0) is 28.7 Å². The highest BCUT2D eigenvalue weighted by molar-refractivity contribution is 14.0. The van der Waals surface area contributed by atoms with Gasteiger partial charge in [0.25, 0.3) is 0 Å². The molecule has 0 fully saturated rings. The second kappa shape index (κ2) is 13.2. The van der Waals surface area contributed by atoms with E-state index in [4.69, 9.17) is 0 Å². The lowest BCUT2D eigenvalue weighted by molar-refractivity contribution is 0.569. The van der Waals surface area contributed by atoms with Gasteiger partial charge in [0.15, 0.2) is 5.96 Å². The average molecular weight is 566 g/mol. The van der Waals surface area contributed by atoms with E-state index in [0.29, 0.717) is 12.5 Å². The molecule has 10 heteroatoms. The SMILES string of the molecule is CCNC(=NCc1ccccc1CS(=O)(=O)NC(C)C)NCCc1ncc(C)s1.I. The maximum absolute atomic E-state index is 12.3. The fraction of sp³-hybridized carbons (Fsp3) is 0.500. The van der Waals surface area contributed by atoms with Crippen LogP contribution in [0.4, 0.5) is 0 Å². The van der Waals surface area contributed by atoms with E-state index >= 15 is 0 Å². The van der Waals surface area contributed by atoms with Gasteiger partial charge in [-0.25, -0.2) is 23.1 Å². The molecule has 0 radical (unpaired) electrons. The molecule has 0 aliphatic rings. The molecule has 2 aromatic rings. The summed E-state index contributed by atoms with van der Waals surface area (Å²) in [5, 5.41) is 7.64. The van der Waals surface area contributed by atoms with Gasteiger partial charge in [0, 0.05) is 36.6 Å². The van der Waals surface area contributed by atoms with Gasteiger partial charge < -0.3 is 10.6 Å². The Morgan fingerprint density at radius 1 is 1.20 bits per heavy atom. The second-order valence-corrected chi connectivity index (χ2v) is 10.1. The number of hydrogen-bond acceptors (Lipinski definition) is 5. The van der Waals surface area contributed by atoms with Crippen LogP contribution in [0, 0.1) is 6.92 Å². The lowest BCUT2D eigenvalue weighted by atomic mass is 10.1. The zero-order chi connectivity index (χ0) is 21.3. The van der Waals surface area contributed by atoms with Crippen LogP contribution in [0.3, 0.4) is 0 Å². The predicted octanol–water partition coefficient (Wildman–Crippen LogP) is 3.20. The highest BCUT2D eigenvalue weighted by Gasteiger charge is 2.15. The first-order valence-electron chi connectivity index (χ1n) is 9.79. The van der Waals surface area contributed by atoms with Gasteiger partial charge in [-0.05, 0) is 38.8 Å². The molecule has 1 aromatic carbocycles. The van der Waals surface area contributed by atoms with E-state index in [9.17, 15) is 8.42 Å². The van der Waals surface area contributed by atoms with E-state index in [2.05, 4.69) is 32.3 Å². The van der Waals surface area contributed by atoms with Crippen molar-refractivity contribution >= 4 is 51.3 Å². The third-order valence-corrected chi connectivity index (χ3v) is 6.43. The van der Waals surface area contributed by atoms with Crippen LogP contribution in [0.15, 0.2) is 35.5 Å². The monoisotopic (exact) mass is 565 g/mol. The summed E-state index contributed by atoms with van der Waals surface area (Å²) in [6, 6.07) is 7.40. The number of nitrogens with zero attached hydrogens (tertiary/aromatic N) is 2. The molecule has 1 aromatic heterocycles. The molecule has 0 spiro atoms. The summed E-state index contributed by atoms with van der Waals surface area (Å²) in [6.45, 7) is 9.57. The van der Waals surface area contributed by atoms with Gasteiger partial charge in [-0.3, -0.25) is 0 Å². The largest absolute Gasteiger partial charge is 0.357 e. The maximum atomic E-state index is 12.3. The Balaban J connectivity index is 0.00000450. The molecule has 3 N–H and O–H groups in total. The molecule has 168 valence electrons. The minimum absolute atomic E-state index is 0. The summed E-state index contributed by atoms with van der Waals surface area (Å²) in [7, 11) is -3.38. The van der Waals surface area contributed by atoms with Gasteiger partial charge in [-0.2, -0.15) is 0 Å². The number of nitrogens with one attached hydrogen (secondary N) is 3. The lowest BCUT2D eigenvalue weighted by Gasteiger charge is -2.13. The number of sulfonamides is 1. The van der Waals surface area contributed by atoms with E-state index in [0.717, 1.165) is 35.6 Å². The number of thiazole rings is 1. The summed E-state index contributed by atoms with van der Waals surface area (Å²) in [6.07, 6.45) is 2.72. The summed E-state index contributed by atoms with van der Waals surface area (Å²) in [5.74, 6) is 0.656. The quantitative estimate of drug-likeness (QED) is 0.234. The average Bonchev–Trinajstić information content (AvgIpc) is 3.04. The zero-order valence-corrected chi connectivity index (χ0v) is 21.9. The first-order chi connectivity index (χ1) is 13.8. The second-order valence-electron chi connectivity index (χ2n) is 7.04. The fourth-order valence-electron chi connectivity index (χ4n) is 2.77. The number of rotatable bonds is 10. The number of benzene rings is 1. The van der Waals surface area contributed by atoms with Gasteiger partial charge in [-0.15, -0.1) is 35.3 Å². The van der Waals surface area contributed by atoms with Crippen LogP contribution < -0.4 is 15.4 Å². The summed E-state index contributed by atoms with van der Waals surface area (Å²) in [4.78, 5) is 10.2. The molecule has 0 aliphatic heterocycles. The van der Waals surface area contributed by atoms with Crippen molar-refractivity contribution in [1.82, 2.24) is 20.3 Å². The minimum atomic E-state index is -3.38. The van der Waals surface area contributed by atoms with Crippen molar-refractivity contribution in [1.29, 1.82) is 0 Å². The molecule has 0 amide bonds. The van der Waals surface area contributed by atoms with E-state index < -0.39 is 10.0 Å². The Kier molecular flexibility index (Phi) is 11.8. The van der Waals surface area contributed by atoms with Gasteiger partial charge in [-0.1, -0.05) is 24.3 Å². The fourth-order valence-corrected chi connectivity index (χ4v) is 5.05. The van der Waals surface area contributed by atoms with Gasteiger partial charge in [0.2, 0.25) is 10.0 Å². The summed E-state index contributed by atoms with van der Waals surface area (Å²) in [5.41, 5.74) is 1.66. The molecule has 0 unspecified atom stereocenters. The maximum Gasteiger partial charge on any atom is 0.216 e. The summed E-state index contributed by atoms with van der Waals surface area (Å²) < 4.78 is 27.2. The van der Waals surface area contributed by atoms with Gasteiger partial charge >= 0.3 is 0 Å². The minimum Gasteiger partial charge on any atom is -0.357 e. The molecule has 2 rings (SSSR count). The van der Waals surface area contributed by atoms with E-state index in [1.54, 1.807) is 11.3 Å². The third-order valence-electron chi connectivity index (χ3n) is 3.93. The highest BCUT2D eigenvalue weighted by Crippen LogP contribution is 2.14. The first-order valence-corrected chi connectivity index (χ1v) is 12.3. The third kappa shape index (κ3) is 9.71. The van der Waals surface area contributed by atoms with Crippen molar-refractivity contribution in [3.8, 4) is 0 Å². The Morgan fingerprint density at radius 3 is 2.50 bits per heavy atom. The molecular formula is C20H32IN5O2S2. The Bertz CT molecular complexity index is 913. The normalized spacial score (nSPS) is 12.0. The van der Waals surface area contributed by atoms with Crippen molar-refractivity contribution in [2.24, 2.45) is 4.99 Å². The Morgan fingerprint density at radius 2 is 1.90 bits per heavy atom. The van der Waals surface area contributed by atoms with E-state index in [1.807, 2.05) is 51.2 Å². The van der Waals surface area contributed by atoms with Crippen molar-refractivity contribution in [3.05, 3.63) is 51.5 Å². The summed E-state index contributed by atoms with van der Waals surface area (Å²) >= 11 is 1.70. The van der Waals surface area contributed by atoms with Crippen molar-refractivity contribution in [3.63, 3.8) is 0 Å². The Labute approximate surface area is 201 Å². The van der Waals surface area contributed by atoms with Crippen LogP contribution in [0.1, 0.15) is 41.8 Å². The first kappa shape index (κ1) is 26.8. The molecule has 0 saturated carbocycles. The number of hydrogen-bond donors (Lipinski definition) is 3. The molecule has 0 saturated heterocycles. The van der Waals surface area contributed by atoms with Crippen molar-refractivity contribution in [2.45, 2.75) is 52.5 Å². The van der Waals surface area contributed by atoms with Crippen molar-refractivity contribution < 1.29 is 8.42 Å². The van der Waals surface area contributed by atoms with Crippen molar-refractivity contribution in [2.75, 3.05) is 13.1 Å². The number of aliphatic imine (C=N–C) groups is 1. The number of aromatic nitrogens is 1. The van der Waals surface area contributed by atoms with Crippen LogP contribution >= 0.6 is 35.3 Å². The molecule has 1 heterocycles. The Hall–Kier alpha value is -1.24. The predicted molar refractivity (Wildman–Crippen MR) is 136 cm³/mol. The van der Waals surface area contributed by atoms with E-state index in [1.165, 1.54) is 4.88 Å². The molecule has 0 atom stereocenters. The van der Waals surface area contributed by atoms with Gasteiger partial charge in [0.05, 0.1) is 17.3 Å². The van der Waals surface area contributed by atoms with Crippen LogP contribution in [0.2, 0.25) is 0 Å². The standard InChI is InChI=1S/C20H31N5O2S2.HI/c1-5-21-20(22-11-10-19-23-12-16(4)28-19)24-13-17-8-6-7-9-18(17)14-29(26,27)25-15(2)3;/h6-9,12,15,25H,5,10-11,13-14H2,1-4H3,(H2,21,22,24);1H. The van der Waals surface area contributed by atoms with Crippen LogP contribution in [-0.4, -0.2) is 38.5 Å². The topological polar surface area (TPSA) is 95.5 Å².